The SMILES string of the molecule is Cc1ccc(OP(Oc2ccccc2C)Oc2ccc(C)c3ccccc23)c(-c2cc(C)ccc2OP(Oc2ccccc2C)Oc2ccc(C)c3ccccc23)c1. The van der Waals surface area contributed by atoms with Gasteiger partial charge < -0.3 is 27.1 Å². The summed E-state index contributed by atoms with van der Waals surface area (Å²) in [5, 5.41) is 4.17. The molecule has 0 aliphatic carbocycles. The fraction of sp³-hybridized carbons (Fsp3) is 0.120. The Balaban J connectivity index is 1.19. The van der Waals surface area contributed by atoms with Gasteiger partial charge in [-0.25, -0.2) is 0 Å². The van der Waals surface area contributed by atoms with Crippen LogP contribution >= 0.6 is 17.2 Å². The zero-order chi connectivity index (χ0) is 40.2. The second-order valence-corrected chi connectivity index (χ2v) is 16.4. The molecule has 8 rings (SSSR count). The second-order valence-electron chi connectivity index (χ2n) is 14.4. The van der Waals surface area contributed by atoms with Gasteiger partial charge in [0, 0.05) is 21.9 Å². The maximum Gasteiger partial charge on any atom is 0.530 e. The predicted octanol–water partition coefficient (Wildman–Crippen LogP) is 15.0. The quantitative estimate of drug-likeness (QED) is 0.108. The molecule has 0 bridgehead atoms. The monoisotopic (exact) mass is 802 g/mol. The van der Waals surface area contributed by atoms with Crippen LogP contribution in [0.5, 0.6) is 34.5 Å². The van der Waals surface area contributed by atoms with Crippen LogP contribution < -0.4 is 27.1 Å². The third kappa shape index (κ3) is 8.60. The molecule has 8 aromatic carbocycles. The van der Waals surface area contributed by atoms with Crippen LogP contribution in [0.3, 0.4) is 0 Å². The van der Waals surface area contributed by atoms with E-state index in [0.717, 1.165) is 66.1 Å². The summed E-state index contributed by atoms with van der Waals surface area (Å²) in [5.41, 5.74) is 7.97. The number of para-hydroxylation sites is 2. The van der Waals surface area contributed by atoms with Crippen molar-refractivity contribution in [3.8, 4) is 45.6 Å². The minimum absolute atomic E-state index is 0.576. The summed E-state index contributed by atoms with van der Waals surface area (Å²) in [6.07, 6.45) is 0. The summed E-state index contributed by atoms with van der Waals surface area (Å²) in [6, 6.07) is 52.4. The summed E-state index contributed by atoms with van der Waals surface area (Å²) < 4.78 is 40.4. The average molecular weight is 803 g/mol. The molecule has 0 aliphatic rings. The largest absolute Gasteiger partial charge is 0.530 e. The van der Waals surface area contributed by atoms with Crippen LogP contribution in [0.4, 0.5) is 0 Å². The lowest BCUT2D eigenvalue weighted by atomic mass is 10.00. The van der Waals surface area contributed by atoms with E-state index in [2.05, 4.69) is 76.2 Å². The van der Waals surface area contributed by atoms with Crippen LogP contribution in [0.15, 0.2) is 158 Å². The number of benzene rings is 8. The Labute approximate surface area is 342 Å². The molecular weight excluding hydrogens is 758 g/mol. The Morgan fingerprint density at radius 3 is 1.02 bits per heavy atom. The van der Waals surface area contributed by atoms with Gasteiger partial charge in [0.15, 0.2) is 0 Å². The minimum atomic E-state index is -2.02. The van der Waals surface area contributed by atoms with Gasteiger partial charge in [-0.1, -0.05) is 120 Å². The van der Waals surface area contributed by atoms with E-state index in [4.69, 9.17) is 27.1 Å². The molecule has 0 amide bonds. The molecule has 0 N–H and O–H groups in total. The van der Waals surface area contributed by atoms with Crippen LogP contribution in [-0.2, 0) is 0 Å². The van der Waals surface area contributed by atoms with Crippen molar-refractivity contribution in [2.45, 2.75) is 41.5 Å². The third-order valence-electron chi connectivity index (χ3n) is 9.99. The maximum atomic E-state index is 6.87. The summed E-state index contributed by atoms with van der Waals surface area (Å²) >= 11 is 0. The van der Waals surface area contributed by atoms with Gasteiger partial charge in [0.2, 0.25) is 0 Å². The van der Waals surface area contributed by atoms with Crippen molar-refractivity contribution in [3.05, 3.63) is 191 Å². The van der Waals surface area contributed by atoms with Crippen molar-refractivity contribution < 1.29 is 27.1 Å². The van der Waals surface area contributed by atoms with Gasteiger partial charge in [-0.2, -0.15) is 0 Å². The van der Waals surface area contributed by atoms with Gasteiger partial charge in [-0.15, -0.1) is 0 Å². The first kappa shape index (κ1) is 38.8. The summed E-state index contributed by atoms with van der Waals surface area (Å²) in [7, 11) is -4.03. The van der Waals surface area contributed by atoms with Gasteiger partial charge in [0.05, 0.1) is 0 Å². The molecule has 8 heteroatoms. The van der Waals surface area contributed by atoms with Gasteiger partial charge in [-0.05, 0) is 123 Å². The molecule has 0 saturated carbocycles. The standard InChI is InChI=1S/C50H44O6P2/c1-33-23-27-49(55-57(51-45-21-13-7-15-37(45)5)53-47-29-25-35(3)39-17-9-11-19-41(39)47)43(31-33)44-32-34(2)24-28-50(44)56-58(52-46-22-14-8-16-38(46)6)54-48-30-26-36(4)40-18-10-12-20-42(40)48/h7-32H,1-6H3. The lowest BCUT2D eigenvalue weighted by Gasteiger charge is -2.23. The first-order valence-corrected chi connectivity index (χ1v) is 21.4. The number of rotatable bonds is 13. The van der Waals surface area contributed by atoms with E-state index < -0.39 is 17.2 Å². The summed E-state index contributed by atoms with van der Waals surface area (Å²) in [6.45, 7) is 12.3. The van der Waals surface area contributed by atoms with Crippen LogP contribution in [0.1, 0.15) is 33.4 Å². The lowest BCUT2D eigenvalue weighted by molar-refractivity contribution is 0.386. The molecule has 6 nitrogen and oxygen atoms in total. The van der Waals surface area contributed by atoms with E-state index in [0.29, 0.717) is 34.5 Å². The first-order valence-electron chi connectivity index (χ1n) is 19.2. The van der Waals surface area contributed by atoms with E-state index in [1.54, 1.807) is 0 Å². The van der Waals surface area contributed by atoms with Crippen molar-refractivity contribution >= 4 is 38.7 Å². The average Bonchev–Trinajstić information content (AvgIpc) is 3.23. The molecular formula is C50H44O6P2. The fourth-order valence-electron chi connectivity index (χ4n) is 6.78. The Hall–Kier alpha value is -6.06. The van der Waals surface area contributed by atoms with Gasteiger partial charge >= 0.3 is 17.2 Å². The van der Waals surface area contributed by atoms with Crippen LogP contribution in [0.25, 0.3) is 32.7 Å². The van der Waals surface area contributed by atoms with Crippen LogP contribution in [-0.4, -0.2) is 0 Å². The smallest absolute Gasteiger partial charge is 0.408 e. The zero-order valence-corrected chi connectivity index (χ0v) is 35.1. The van der Waals surface area contributed by atoms with Crippen molar-refractivity contribution in [3.63, 3.8) is 0 Å². The van der Waals surface area contributed by atoms with E-state index in [9.17, 15) is 0 Å². The number of hydrogen-bond acceptors (Lipinski definition) is 6. The van der Waals surface area contributed by atoms with E-state index in [1.165, 1.54) is 0 Å². The third-order valence-corrected chi connectivity index (χ3v) is 12.1. The topological polar surface area (TPSA) is 55.4 Å². The molecule has 0 aromatic heterocycles. The van der Waals surface area contributed by atoms with Crippen molar-refractivity contribution in [1.29, 1.82) is 0 Å². The van der Waals surface area contributed by atoms with Gasteiger partial charge in [0.25, 0.3) is 0 Å². The fourth-order valence-corrected chi connectivity index (χ4v) is 9.02. The Morgan fingerprint density at radius 1 is 0.276 bits per heavy atom. The molecule has 0 fully saturated rings. The van der Waals surface area contributed by atoms with E-state index in [1.807, 2.05) is 123 Å². The molecule has 290 valence electrons. The molecule has 58 heavy (non-hydrogen) atoms. The highest BCUT2D eigenvalue weighted by Crippen LogP contribution is 2.51. The highest BCUT2D eigenvalue weighted by Gasteiger charge is 2.28. The van der Waals surface area contributed by atoms with Gasteiger partial charge in [0.1, 0.15) is 34.5 Å². The van der Waals surface area contributed by atoms with Gasteiger partial charge in [-0.3, -0.25) is 0 Å². The van der Waals surface area contributed by atoms with Crippen molar-refractivity contribution in [2.75, 3.05) is 0 Å². The molecule has 2 unspecified atom stereocenters. The number of fused-ring (bicyclic) bond motifs is 2. The van der Waals surface area contributed by atoms with E-state index >= 15 is 0 Å². The van der Waals surface area contributed by atoms with E-state index in [-0.39, 0.29) is 0 Å². The van der Waals surface area contributed by atoms with Crippen molar-refractivity contribution in [2.24, 2.45) is 0 Å². The summed E-state index contributed by atoms with van der Waals surface area (Å²) in [5.74, 6) is 3.86. The molecule has 2 atom stereocenters. The maximum absolute atomic E-state index is 6.87. The van der Waals surface area contributed by atoms with Crippen molar-refractivity contribution in [1.82, 2.24) is 0 Å². The number of hydrogen-bond donors (Lipinski definition) is 0. The highest BCUT2D eigenvalue weighted by molar-refractivity contribution is 7.43. The second kappa shape index (κ2) is 17.2. The van der Waals surface area contributed by atoms with Crippen LogP contribution in [0.2, 0.25) is 0 Å². The molecule has 0 spiro atoms. The Morgan fingerprint density at radius 2 is 0.603 bits per heavy atom. The summed E-state index contributed by atoms with van der Waals surface area (Å²) in [4.78, 5) is 0. The van der Waals surface area contributed by atoms with Crippen LogP contribution in [0, 0.1) is 41.5 Å². The number of aryl methyl sites for hydroxylation is 6. The Kier molecular flexibility index (Phi) is 11.5. The first-order chi connectivity index (χ1) is 28.2. The molecule has 8 aromatic rings. The minimum Gasteiger partial charge on any atom is -0.408 e. The normalized spacial score (nSPS) is 12.2. The highest BCUT2D eigenvalue weighted by atomic mass is 31.2. The molecule has 0 heterocycles. The zero-order valence-electron chi connectivity index (χ0n) is 33.4. The predicted molar refractivity (Wildman–Crippen MR) is 239 cm³/mol. The Bertz CT molecular complexity index is 2560. The molecule has 0 aliphatic heterocycles. The molecule has 0 radical (unpaired) electrons. The molecule has 0 saturated heterocycles. The lowest BCUT2D eigenvalue weighted by Crippen LogP contribution is -2.06.